The molecule has 0 aliphatic carbocycles. The number of benzene rings is 2. The van der Waals surface area contributed by atoms with Crippen LogP contribution in [0, 0.1) is 32.1 Å². The van der Waals surface area contributed by atoms with E-state index in [1.165, 1.54) is 16.9 Å². The molecule has 0 radical (unpaired) electrons. The van der Waals surface area contributed by atoms with Gasteiger partial charge in [0.15, 0.2) is 5.13 Å². The Morgan fingerprint density at radius 2 is 2.06 bits per heavy atom. The second-order valence-corrected chi connectivity index (χ2v) is 8.99. The molecule has 4 aromatic rings. The van der Waals surface area contributed by atoms with Gasteiger partial charge < -0.3 is 9.30 Å². The van der Waals surface area contributed by atoms with Crippen molar-refractivity contribution < 1.29 is 9.53 Å². The monoisotopic (exact) mass is 470 g/mol. The number of hydrogen-bond donors (Lipinski definition) is 1. The number of para-hydroxylation sites is 1. The standard InChI is InChI=1S/C27H26N4O2S/c1-18-9-10-25(19(2)15-18)33-13-6-12-31-20(3)23(22-7-4-5-8-24(22)31)16-21(17-28)26(32)30-27-29-11-14-34-27/h4-5,7-11,14-16H,6,12-13H2,1-3H3,(H,29,30,32)/b21-16-. The van der Waals surface area contributed by atoms with Crippen molar-refractivity contribution in [1.29, 1.82) is 5.26 Å². The van der Waals surface area contributed by atoms with Crippen molar-refractivity contribution in [3.8, 4) is 11.8 Å². The number of aromatic nitrogens is 2. The molecule has 172 valence electrons. The third-order valence-corrected chi connectivity index (χ3v) is 6.39. The van der Waals surface area contributed by atoms with E-state index in [0.717, 1.165) is 46.4 Å². The number of nitrogens with zero attached hydrogens (tertiary/aromatic N) is 3. The van der Waals surface area contributed by atoms with Crippen LogP contribution in [0.4, 0.5) is 5.13 Å². The Labute approximate surface area is 203 Å². The number of anilines is 1. The van der Waals surface area contributed by atoms with E-state index in [-0.39, 0.29) is 5.57 Å². The lowest BCUT2D eigenvalue weighted by Gasteiger charge is -2.12. The first-order valence-electron chi connectivity index (χ1n) is 11.1. The molecule has 0 bridgehead atoms. The van der Waals surface area contributed by atoms with E-state index in [0.29, 0.717) is 11.7 Å². The number of carbonyl (C=O) groups is 1. The number of rotatable bonds is 8. The minimum atomic E-state index is -0.462. The number of ether oxygens (including phenoxy) is 1. The van der Waals surface area contributed by atoms with E-state index in [4.69, 9.17) is 4.74 Å². The van der Waals surface area contributed by atoms with Gasteiger partial charge in [0.1, 0.15) is 17.4 Å². The quantitative estimate of drug-likeness (QED) is 0.193. The maximum absolute atomic E-state index is 12.6. The van der Waals surface area contributed by atoms with Crippen LogP contribution < -0.4 is 10.1 Å². The van der Waals surface area contributed by atoms with Gasteiger partial charge in [0, 0.05) is 40.3 Å². The number of carbonyl (C=O) groups excluding carboxylic acids is 1. The number of nitrogens with one attached hydrogen (secondary N) is 1. The molecule has 0 fully saturated rings. The molecule has 0 spiro atoms. The van der Waals surface area contributed by atoms with Gasteiger partial charge in [0.25, 0.3) is 5.91 Å². The first-order valence-corrected chi connectivity index (χ1v) is 12.0. The summed E-state index contributed by atoms with van der Waals surface area (Å²) in [7, 11) is 0. The van der Waals surface area contributed by atoms with Gasteiger partial charge in [-0.15, -0.1) is 11.3 Å². The number of amides is 1. The van der Waals surface area contributed by atoms with E-state index < -0.39 is 5.91 Å². The zero-order valence-electron chi connectivity index (χ0n) is 19.5. The first-order chi connectivity index (χ1) is 16.5. The van der Waals surface area contributed by atoms with E-state index in [1.807, 2.05) is 37.3 Å². The zero-order chi connectivity index (χ0) is 24.1. The van der Waals surface area contributed by atoms with Crippen LogP contribution in [0.2, 0.25) is 0 Å². The van der Waals surface area contributed by atoms with Crippen molar-refractivity contribution in [2.75, 3.05) is 11.9 Å². The van der Waals surface area contributed by atoms with Gasteiger partial charge in [0.2, 0.25) is 0 Å². The minimum absolute atomic E-state index is 0.0411. The molecular formula is C27H26N4O2S. The Morgan fingerprint density at radius 1 is 1.24 bits per heavy atom. The maximum Gasteiger partial charge on any atom is 0.268 e. The Morgan fingerprint density at radius 3 is 2.79 bits per heavy atom. The Bertz CT molecular complexity index is 1390. The third kappa shape index (κ3) is 5.03. The van der Waals surface area contributed by atoms with Gasteiger partial charge in [-0.25, -0.2) is 4.98 Å². The molecule has 0 aliphatic heterocycles. The molecule has 7 heteroatoms. The van der Waals surface area contributed by atoms with Gasteiger partial charge in [-0.1, -0.05) is 35.9 Å². The van der Waals surface area contributed by atoms with Crippen LogP contribution >= 0.6 is 11.3 Å². The van der Waals surface area contributed by atoms with Gasteiger partial charge >= 0.3 is 0 Å². The average Bonchev–Trinajstić information content (AvgIpc) is 3.42. The predicted octanol–water partition coefficient (Wildman–Crippen LogP) is 6.04. The number of fused-ring (bicyclic) bond motifs is 1. The van der Waals surface area contributed by atoms with Crippen LogP contribution in [0.25, 0.3) is 17.0 Å². The fourth-order valence-electron chi connectivity index (χ4n) is 4.04. The second kappa shape index (κ2) is 10.4. The highest BCUT2D eigenvalue weighted by Gasteiger charge is 2.16. The Balaban J connectivity index is 1.55. The largest absolute Gasteiger partial charge is 0.493 e. The summed E-state index contributed by atoms with van der Waals surface area (Å²) in [6.45, 7) is 7.51. The number of hydrogen-bond acceptors (Lipinski definition) is 5. The Kier molecular flexibility index (Phi) is 7.09. The van der Waals surface area contributed by atoms with Crippen molar-refractivity contribution in [1.82, 2.24) is 9.55 Å². The summed E-state index contributed by atoms with van der Waals surface area (Å²) >= 11 is 1.31. The number of thiazole rings is 1. The molecule has 0 atom stereocenters. The highest BCUT2D eigenvalue weighted by molar-refractivity contribution is 7.13. The molecule has 0 aliphatic rings. The van der Waals surface area contributed by atoms with E-state index >= 15 is 0 Å². The molecule has 6 nitrogen and oxygen atoms in total. The van der Waals surface area contributed by atoms with Gasteiger partial charge in [-0.05, 0) is 51.0 Å². The van der Waals surface area contributed by atoms with Crippen LogP contribution in [0.3, 0.4) is 0 Å². The lowest BCUT2D eigenvalue weighted by Crippen LogP contribution is -2.13. The predicted molar refractivity (Wildman–Crippen MR) is 137 cm³/mol. The van der Waals surface area contributed by atoms with Gasteiger partial charge in [-0.3, -0.25) is 10.1 Å². The second-order valence-electron chi connectivity index (χ2n) is 8.10. The molecule has 0 saturated heterocycles. The fraction of sp³-hybridized carbons (Fsp3) is 0.222. The van der Waals surface area contributed by atoms with Crippen LogP contribution in [0.1, 0.15) is 28.8 Å². The number of aryl methyl sites for hydroxylation is 3. The first kappa shape index (κ1) is 23.3. The highest BCUT2D eigenvalue weighted by Crippen LogP contribution is 2.29. The van der Waals surface area contributed by atoms with Crippen molar-refractivity contribution >= 4 is 39.4 Å². The lowest BCUT2D eigenvalue weighted by atomic mass is 10.1. The molecule has 2 aromatic carbocycles. The Hall–Kier alpha value is -3.89. The normalized spacial score (nSPS) is 11.4. The van der Waals surface area contributed by atoms with Gasteiger partial charge in [0.05, 0.1) is 6.61 Å². The molecule has 1 amide bonds. The van der Waals surface area contributed by atoms with Crippen molar-refractivity contribution in [3.63, 3.8) is 0 Å². The molecule has 4 rings (SSSR count). The van der Waals surface area contributed by atoms with Crippen LogP contribution in [0.15, 0.2) is 59.6 Å². The van der Waals surface area contributed by atoms with Crippen LogP contribution in [-0.4, -0.2) is 22.1 Å². The SMILES string of the molecule is Cc1ccc(OCCCn2c(C)c(/C=C(/C#N)C(=O)Nc3nccs3)c3ccccc32)c(C)c1. The molecule has 2 heterocycles. The molecule has 34 heavy (non-hydrogen) atoms. The summed E-state index contributed by atoms with van der Waals surface area (Å²) in [5.74, 6) is 0.448. The van der Waals surface area contributed by atoms with Crippen LogP contribution in [0.5, 0.6) is 5.75 Å². The molecular weight excluding hydrogens is 444 g/mol. The smallest absolute Gasteiger partial charge is 0.268 e. The summed E-state index contributed by atoms with van der Waals surface area (Å²) in [4.78, 5) is 16.7. The van der Waals surface area contributed by atoms with Crippen molar-refractivity contribution in [2.45, 2.75) is 33.7 Å². The summed E-state index contributed by atoms with van der Waals surface area (Å²) in [6.07, 6.45) is 4.10. The zero-order valence-corrected chi connectivity index (χ0v) is 20.3. The summed E-state index contributed by atoms with van der Waals surface area (Å²) < 4.78 is 8.23. The lowest BCUT2D eigenvalue weighted by molar-refractivity contribution is -0.112. The number of nitriles is 1. The van der Waals surface area contributed by atoms with E-state index in [2.05, 4.69) is 46.9 Å². The fourth-order valence-corrected chi connectivity index (χ4v) is 4.56. The van der Waals surface area contributed by atoms with Crippen LogP contribution in [-0.2, 0) is 11.3 Å². The summed E-state index contributed by atoms with van der Waals surface area (Å²) in [5, 5.41) is 15.6. The van der Waals surface area contributed by atoms with Crippen molar-refractivity contribution in [2.24, 2.45) is 0 Å². The molecule has 2 aromatic heterocycles. The van der Waals surface area contributed by atoms with Crippen molar-refractivity contribution in [3.05, 3.63) is 82.0 Å². The minimum Gasteiger partial charge on any atom is -0.493 e. The molecule has 1 N–H and O–H groups in total. The topological polar surface area (TPSA) is 79.9 Å². The third-order valence-electron chi connectivity index (χ3n) is 5.70. The highest BCUT2D eigenvalue weighted by atomic mass is 32.1. The summed E-state index contributed by atoms with van der Waals surface area (Å²) in [5.41, 5.74) is 5.33. The molecule has 0 unspecified atom stereocenters. The van der Waals surface area contributed by atoms with E-state index in [1.54, 1.807) is 17.7 Å². The maximum atomic E-state index is 12.6. The summed E-state index contributed by atoms with van der Waals surface area (Å²) in [6, 6.07) is 16.3. The molecule has 0 saturated carbocycles. The van der Waals surface area contributed by atoms with Gasteiger partial charge in [-0.2, -0.15) is 5.26 Å². The average molecular weight is 471 g/mol. The van der Waals surface area contributed by atoms with E-state index in [9.17, 15) is 10.1 Å².